The Labute approximate surface area is 160 Å². The maximum Gasteiger partial charge on any atom is 0.266 e. The lowest BCUT2D eigenvalue weighted by Gasteiger charge is -2.15. The maximum absolute atomic E-state index is 12.4. The van der Waals surface area contributed by atoms with Crippen LogP contribution in [0.5, 0.6) is 11.5 Å². The van der Waals surface area contributed by atoms with Crippen molar-refractivity contribution in [2.75, 3.05) is 18.6 Å². The number of hydrogen-bond acceptors (Lipinski definition) is 6. The first kappa shape index (κ1) is 19.1. The molecule has 1 heterocycles. The molecular weight excluding hydrogens is 364 g/mol. The van der Waals surface area contributed by atoms with Crippen molar-refractivity contribution in [2.45, 2.75) is 12.8 Å². The largest absolute Gasteiger partial charge is 0.865 e. The van der Waals surface area contributed by atoms with Crippen LogP contribution in [0.4, 0.5) is 11.4 Å². The van der Waals surface area contributed by atoms with E-state index >= 15 is 0 Å². The Hall–Kier alpha value is -3.68. The quantitative estimate of drug-likeness (QED) is 0.329. The fourth-order valence-electron chi connectivity index (χ4n) is 2.99. The number of amides is 1. The van der Waals surface area contributed by atoms with Crippen molar-refractivity contribution >= 4 is 29.1 Å². The third kappa shape index (κ3) is 3.85. The van der Waals surface area contributed by atoms with Gasteiger partial charge >= 0.3 is 0 Å². The lowest BCUT2D eigenvalue weighted by atomic mass is 10.1. The van der Waals surface area contributed by atoms with Crippen LogP contribution in [-0.2, 0) is 4.79 Å². The van der Waals surface area contributed by atoms with E-state index in [1.54, 1.807) is 29.2 Å². The number of ether oxygens (including phenoxy) is 1. The van der Waals surface area contributed by atoms with E-state index in [-0.39, 0.29) is 17.4 Å². The number of allylic oxidation sites excluding steroid dienone is 1. The normalized spacial score (nSPS) is 13.9. The van der Waals surface area contributed by atoms with Crippen LogP contribution in [0.25, 0.3) is 6.08 Å². The molecule has 1 aliphatic rings. The van der Waals surface area contributed by atoms with Crippen molar-refractivity contribution in [2.24, 2.45) is 0 Å². The molecule has 2 aromatic rings. The average Bonchev–Trinajstić information content (AvgIpc) is 3.12. The van der Waals surface area contributed by atoms with Crippen LogP contribution in [0.15, 0.2) is 42.5 Å². The second-order valence-electron chi connectivity index (χ2n) is 6.22. The first-order valence-electron chi connectivity index (χ1n) is 8.57. The Bertz CT molecular complexity index is 965. The zero-order chi connectivity index (χ0) is 20.3. The summed E-state index contributed by atoms with van der Waals surface area (Å²) in [5, 5.41) is 22.8. The van der Waals surface area contributed by atoms with Crippen molar-refractivity contribution in [1.82, 2.24) is 0 Å². The van der Waals surface area contributed by atoms with Gasteiger partial charge in [-0.3, -0.25) is 19.7 Å². The predicted octanol–water partition coefficient (Wildman–Crippen LogP) is 2.70. The third-order valence-electron chi connectivity index (χ3n) is 4.44. The monoisotopic (exact) mass is 381 g/mol. The molecule has 0 saturated carbocycles. The number of nitrogens with zero attached hydrogens (tertiary/aromatic N) is 2. The van der Waals surface area contributed by atoms with Gasteiger partial charge in [0.2, 0.25) is 5.91 Å². The van der Waals surface area contributed by atoms with Crippen molar-refractivity contribution in [3.63, 3.8) is 0 Å². The zero-order valence-corrected chi connectivity index (χ0v) is 15.1. The number of nitro groups is 1. The zero-order valence-electron chi connectivity index (χ0n) is 15.1. The van der Waals surface area contributed by atoms with Crippen LogP contribution in [0.2, 0.25) is 0 Å². The minimum atomic E-state index is -0.817. The number of anilines is 1. The number of carbonyl (C=O) groups is 2. The van der Waals surface area contributed by atoms with Gasteiger partial charge in [0.05, 0.1) is 12.0 Å². The van der Waals surface area contributed by atoms with E-state index in [1.165, 1.54) is 25.3 Å². The van der Waals surface area contributed by atoms with Gasteiger partial charge in [0, 0.05) is 36.0 Å². The van der Waals surface area contributed by atoms with Crippen molar-refractivity contribution < 1.29 is 24.4 Å². The molecule has 0 bridgehead atoms. The van der Waals surface area contributed by atoms with E-state index in [9.17, 15) is 24.8 Å². The first-order chi connectivity index (χ1) is 13.4. The fraction of sp³-hybridized carbons (Fsp3) is 0.200. The molecular formula is C20H17N2O6-. The van der Waals surface area contributed by atoms with Crippen molar-refractivity contribution in [1.29, 1.82) is 0 Å². The Balaban J connectivity index is 1.79. The van der Waals surface area contributed by atoms with Crippen LogP contribution in [-0.4, -0.2) is 30.3 Å². The summed E-state index contributed by atoms with van der Waals surface area (Å²) in [6.45, 7) is 0.669. The highest BCUT2D eigenvalue weighted by Crippen LogP contribution is 2.34. The lowest BCUT2D eigenvalue weighted by molar-refractivity contribution is -0.398. The van der Waals surface area contributed by atoms with Gasteiger partial charge in [0.15, 0.2) is 5.78 Å². The fourth-order valence-corrected chi connectivity index (χ4v) is 2.99. The summed E-state index contributed by atoms with van der Waals surface area (Å²) in [6.07, 6.45) is 4.00. The standard InChI is InChI=1S/C20H18N2O6/c1-28-18-12-13(11-16(20(18)25)22(26)27)4-9-17(23)14-5-7-15(8-6-14)21-10-2-3-19(21)24/h4-9,11-12,25H,2-3,10H2,1H3/p-1/b9-4+. The van der Waals surface area contributed by atoms with Gasteiger partial charge in [-0.25, -0.2) is 0 Å². The molecule has 2 aromatic carbocycles. The summed E-state index contributed by atoms with van der Waals surface area (Å²) < 4.78 is 4.87. The van der Waals surface area contributed by atoms with Gasteiger partial charge < -0.3 is 14.7 Å². The van der Waals surface area contributed by atoms with E-state index in [0.29, 0.717) is 24.1 Å². The van der Waals surface area contributed by atoms with Crippen molar-refractivity contribution in [3.8, 4) is 11.5 Å². The van der Waals surface area contributed by atoms with E-state index in [2.05, 4.69) is 0 Å². The molecule has 0 aliphatic carbocycles. The van der Waals surface area contributed by atoms with Gasteiger partial charge in [-0.15, -0.1) is 0 Å². The number of nitro benzene ring substituents is 1. The molecule has 0 unspecified atom stereocenters. The third-order valence-corrected chi connectivity index (χ3v) is 4.44. The molecule has 8 heteroatoms. The molecule has 8 nitrogen and oxygen atoms in total. The van der Waals surface area contributed by atoms with E-state index in [0.717, 1.165) is 18.2 Å². The topological polar surface area (TPSA) is 113 Å². The highest BCUT2D eigenvalue weighted by Gasteiger charge is 2.21. The highest BCUT2D eigenvalue weighted by molar-refractivity contribution is 6.07. The molecule has 28 heavy (non-hydrogen) atoms. The Morgan fingerprint density at radius 3 is 2.54 bits per heavy atom. The number of benzene rings is 2. The molecule has 0 spiro atoms. The lowest BCUT2D eigenvalue weighted by Crippen LogP contribution is -2.23. The summed E-state index contributed by atoms with van der Waals surface area (Å²) in [5.41, 5.74) is 0.838. The molecule has 1 fully saturated rings. The van der Waals surface area contributed by atoms with E-state index < -0.39 is 16.4 Å². The van der Waals surface area contributed by atoms with E-state index in [4.69, 9.17) is 4.74 Å². The highest BCUT2D eigenvalue weighted by atomic mass is 16.6. The summed E-state index contributed by atoms with van der Waals surface area (Å²) in [5.74, 6) is -1.23. The number of hydrogen-bond donors (Lipinski definition) is 0. The summed E-state index contributed by atoms with van der Waals surface area (Å²) >= 11 is 0. The summed E-state index contributed by atoms with van der Waals surface area (Å²) in [6, 6.07) is 9.10. The van der Waals surface area contributed by atoms with Gasteiger partial charge in [-0.05, 0) is 48.4 Å². The second kappa shape index (κ2) is 7.91. The minimum absolute atomic E-state index is 0.0660. The van der Waals surface area contributed by atoms with E-state index in [1.807, 2.05) is 0 Å². The second-order valence-corrected chi connectivity index (χ2v) is 6.22. The predicted molar refractivity (Wildman–Crippen MR) is 100 cm³/mol. The number of methoxy groups -OCH3 is 1. The average molecular weight is 381 g/mol. The van der Waals surface area contributed by atoms with Gasteiger partial charge in [0.1, 0.15) is 5.75 Å². The SMILES string of the molecule is COc1cc(/C=C/C(=O)c2ccc(N3CCCC3=O)cc2)cc([N+](=O)[O-])c1[O-]. The van der Waals surface area contributed by atoms with Crippen LogP contribution in [0.1, 0.15) is 28.8 Å². The Morgan fingerprint density at radius 1 is 1.25 bits per heavy atom. The molecule has 0 N–H and O–H groups in total. The molecule has 1 aliphatic heterocycles. The number of ketones is 1. The Morgan fingerprint density at radius 2 is 1.96 bits per heavy atom. The number of carbonyl (C=O) groups excluding carboxylic acids is 2. The van der Waals surface area contributed by atoms with Crippen molar-refractivity contribution in [3.05, 3.63) is 63.7 Å². The number of rotatable bonds is 6. The molecule has 0 radical (unpaired) electrons. The molecule has 3 rings (SSSR count). The maximum atomic E-state index is 12.4. The molecule has 144 valence electrons. The Kier molecular flexibility index (Phi) is 5.39. The smallest absolute Gasteiger partial charge is 0.266 e. The minimum Gasteiger partial charge on any atom is -0.865 e. The van der Waals surface area contributed by atoms with Crippen LogP contribution in [0.3, 0.4) is 0 Å². The van der Waals surface area contributed by atoms with Gasteiger partial charge in [-0.1, -0.05) is 6.08 Å². The van der Waals surface area contributed by atoms with Crippen LogP contribution in [0, 0.1) is 10.1 Å². The molecule has 0 atom stereocenters. The van der Waals surface area contributed by atoms with Crippen LogP contribution >= 0.6 is 0 Å². The van der Waals surface area contributed by atoms with Gasteiger partial charge in [0.25, 0.3) is 5.69 Å². The first-order valence-corrected chi connectivity index (χ1v) is 8.57. The molecule has 0 aromatic heterocycles. The summed E-state index contributed by atoms with van der Waals surface area (Å²) in [7, 11) is 1.24. The molecule has 1 saturated heterocycles. The van der Waals surface area contributed by atoms with Crippen LogP contribution < -0.4 is 14.7 Å². The molecule has 1 amide bonds. The summed E-state index contributed by atoms with van der Waals surface area (Å²) in [4.78, 5) is 36.0. The van der Waals surface area contributed by atoms with Gasteiger partial charge in [-0.2, -0.15) is 0 Å².